The van der Waals surface area contributed by atoms with Gasteiger partial charge in [0.2, 0.25) is 5.88 Å². The third-order valence-corrected chi connectivity index (χ3v) is 3.56. The van der Waals surface area contributed by atoms with Gasteiger partial charge in [-0.3, -0.25) is 0 Å². The van der Waals surface area contributed by atoms with Crippen LogP contribution in [0.4, 0.5) is 0 Å². The molecule has 1 aromatic heterocycles. The zero-order chi connectivity index (χ0) is 14.7. The highest BCUT2D eigenvalue weighted by Gasteiger charge is 2.14. The first-order chi connectivity index (χ1) is 10.3. The van der Waals surface area contributed by atoms with E-state index in [4.69, 9.17) is 4.74 Å². The van der Waals surface area contributed by atoms with Crippen LogP contribution < -0.4 is 10.1 Å². The van der Waals surface area contributed by atoms with Crippen LogP contribution in [-0.4, -0.2) is 24.1 Å². The lowest BCUT2D eigenvalue weighted by molar-refractivity contribution is 0.395. The van der Waals surface area contributed by atoms with Crippen molar-refractivity contribution in [3.05, 3.63) is 66.1 Å². The van der Waals surface area contributed by atoms with Gasteiger partial charge in [0.25, 0.3) is 0 Å². The third-order valence-electron chi connectivity index (χ3n) is 3.56. The minimum Gasteiger partial charge on any atom is -0.481 e. The van der Waals surface area contributed by atoms with Crippen molar-refractivity contribution < 1.29 is 4.74 Å². The van der Waals surface area contributed by atoms with Gasteiger partial charge in [-0.2, -0.15) is 0 Å². The van der Waals surface area contributed by atoms with Crippen molar-refractivity contribution in [2.24, 2.45) is 0 Å². The van der Waals surface area contributed by atoms with Crippen molar-refractivity contribution in [3.63, 3.8) is 0 Å². The highest BCUT2D eigenvalue weighted by Crippen LogP contribution is 2.25. The number of methoxy groups -OCH3 is 1. The fraction of sp³-hybridized carbons (Fsp3) is 0.176. The Balaban J connectivity index is 2.04. The highest BCUT2D eigenvalue weighted by atomic mass is 16.5. The van der Waals surface area contributed by atoms with Gasteiger partial charge in [0.1, 0.15) is 6.33 Å². The van der Waals surface area contributed by atoms with E-state index in [1.165, 1.54) is 17.1 Å². The first-order valence-electron chi connectivity index (χ1n) is 6.83. The Hall–Kier alpha value is -2.46. The van der Waals surface area contributed by atoms with Gasteiger partial charge < -0.3 is 10.1 Å². The molecule has 4 nitrogen and oxygen atoms in total. The molecule has 0 fully saturated rings. The summed E-state index contributed by atoms with van der Waals surface area (Å²) in [5.74, 6) is 0.570. The summed E-state index contributed by atoms with van der Waals surface area (Å²) < 4.78 is 5.18. The predicted molar refractivity (Wildman–Crippen MR) is 83.4 cm³/mol. The molecule has 2 aromatic carbocycles. The summed E-state index contributed by atoms with van der Waals surface area (Å²) in [6, 6.07) is 16.6. The van der Waals surface area contributed by atoms with Crippen LogP contribution in [0.5, 0.6) is 5.88 Å². The van der Waals surface area contributed by atoms with Crippen molar-refractivity contribution in [2.75, 3.05) is 14.2 Å². The van der Waals surface area contributed by atoms with Gasteiger partial charge in [-0.25, -0.2) is 9.97 Å². The molecule has 4 heteroatoms. The van der Waals surface area contributed by atoms with E-state index in [2.05, 4.69) is 45.6 Å². The van der Waals surface area contributed by atoms with Crippen LogP contribution in [0.15, 0.2) is 54.9 Å². The van der Waals surface area contributed by atoms with Crippen molar-refractivity contribution in [3.8, 4) is 5.88 Å². The molecular formula is C17H17N3O. The molecule has 1 atom stereocenters. The molecule has 1 unspecified atom stereocenters. The van der Waals surface area contributed by atoms with E-state index < -0.39 is 0 Å². The third kappa shape index (κ3) is 2.71. The van der Waals surface area contributed by atoms with Gasteiger partial charge >= 0.3 is 0 Å². The smallest absolute Gasteiger partial charge is 0.216 e. The number of hydrogen-bond donors (Lipinski definition) is 1. The molecule has 0 radical (unpaired) electrons. The Bertz CT molecular complexity index is 758. The minimum atomic E-state index is 0.00602. The number of ether oxygens (including phenoxy) is 1. The number of fused-ring (bicyclic) bond motifs is 1. The molecule has 3 aromatic rings. The molecular weight excluding hydrogens is 262 g/mol. The van der Waals surface area contributed by atoms with Crippen LogP contribution in [-0.2, 0) is 0 Å². The number of aromatic nitrogens is 2. The lowest BCUT2D eigenvalue weighted by Crippen LogP contribution is -2.19. The topological polar surface area (TPSA) is 47.0 Å². The number of nitrogens with one attached hydrogen (secondary N) is 1. The van der Waals surface area contributed by atoms with Crippen LogP contribution in [0, 0.1) is 0 Å². The quantitative estimate of drug-likeness (QED) is 0.797. The molecule has 0 aliphatic rings. The lowest BCUT2D eigenvalue weighted by Gasteiger charge is -2.17. The first-order valence-corrected chi connectivity index (χ1v) is 6.83. The van der Waals surface area contributed by atoms with Gasteiger partial charge in [0.05, 0.1) is 18.8 Å². The Kier molecular flexibility index (Phi) is 3.79. The van der Waals surface area contributed by atoms with Gasteiger partial charge in [-0.05, 0) is 29.4 Å². The summed E-state index contributed by atoms with van der Waals surface area (Å²) in [6.07, 6.45) is 1.53. The second-order valence-electron chi connectivity index (χ2n) is 4.81. The summed E-state index contributed by atoms with van der Waals surface area (Å²) in [5.41, 5.74) is 2.05. The molecule has 3 rings (SSSR count). The Labute approximate surface area is 123 Å². The molecule has 0 bridgehead atoms. The molecule has 0 amide bonds. The lowest BCUT2D eigenvalue weighted by atomic mass is 9.99. The molecule has 0 spiro atoms. The fourth-order valence-electron chi connectivity index (χ4n) is 2.50. The zero-order valence-corrected chi connectivity index (χ0v) is 12.1. The van der Waals surface area contributed by atoms with Crippen molar-refractivity contribution >= 4 is 10.8 Å². The van der Waals surface area contributed by atoms with Gasteiger partial charge in [-0.1, -0.05) is 36.4 Å². The SMILES string of the molecule is CNC(c1ccc2ccccc2c1)c1cc(OC)ncn1. The van der Waals surface area contributed by atoms with Crippen LogP contribution in [0.25, 0.3) is 10.8 Å². The van der Waals surface area contributed by atoms with Crippen LogP contribution in [0.1, 0.15) is 17.3 Å². The molecule has 1 heterocycles. The van der Waals surface area contributed by atoms with Crippen LogP contribution >= 0.6 is 0 Å². The van der Waals surface area contributed by atoms with Crippen LogP contribution in [0.2, 0.25) is 0 Å². The standard InChI is InChI=1S/C17H17N3O/c1-18-17(15-10-16(21-2)20-11-19-15)14-8-7-12-5-3-4-6-13(12)9-14/h3-11,17-18H,1-2H3. The Morgan fingerprint density at radius 3 is 2.57 bits per heavy atom. The zero-order valence-electron chi connectivity index (χ0n) is 12.1. The Morgan fingerprint density at radius 2 is 1.81 bits per heavy atom. The van der Waals surface area contributed by atoms with Gasteiger partial charge in [0, 0.05) is 6.07 Å². The predicted octanol–water partition coefficient (Wildman–Crippen LogP) is 2.95. The van der Waals surface area contributed by atoms with Gasteiger partial charge in [0.15, 0.2) is 0 Å². The normalized spacial score (nSPS) is 12.3. The van der Waals surface area contributed by atoms with Gasteiger partial charge in [-0.15, -0.1) is 0 Å². The maximum absolute atomic E-state index is 5.18. The first kappa shape index (κ1) is 13.5. The number of hydrogen-bond acceptors (Lipinski definition) is 4. The van der Waals surface area contributed by atoms with E-state index in [0.717, 1.165) is 11.3 Å². The van der Waals surface area contributed by atoms with E-state index in [1.54, 1.807) is 7.11 Å². The summed E-state index contributed by atoms with van der Waals surface area (Å²) in [4.78, 5) is 8.42. The number of benzene rings is 2. The molecule has 0 saturated carbocycles. The van der Waals surface area contributed by atoms with Crippen molar-refractivity contribution in [1.82, 2.24) is 15.3 Å². The number of nitrogens with zero attached hydrogens (tertiary/aromatic N) is 2. The number of rotatable bonds is 4. The largest absolute Gasteiger partial charge is 0.481 e. The average Bonchev–Trinajstić information content (AvgIpc) is 2.56. The Morgan fingerprint density at radius 1 is 1.00 bits per heavy atom. The summed E-state index contributed by atoms with van der Waals surface area (Å²) in [7, 11) is 3.53. The summed E-state index contributed by atoms with van der Waals surface area (Å²) in [6.45, 7) is 0. The highest BCUT2D eigenvalue weighted by molar-refractivity contribution is 5.83. The van der Waals surface area contributed by atoms with E-state index >= 15 is 0 Å². The second kappa shape index (κ2) is 5.89. The monoisotopic (exact) mass is 279 g/mol. The maximum Gasteiger partial charge on any atom is 0.216 e. The summed E-state index contributed by atoms with van der Waals surface area (Å²) >= 11 is 0. The fourth-order valence-corrected chi connectivity index (χ4v) is 2.50. The van der Waals surface area contributed by atoms with E-state index in [1.807, 2.05) is 25.2 Å². The molecule has 106 valence electrons. The average molecular weight is 279 g/mol. The van der Waals surface area contributed by atoms with E-state index in [9.17, 15) is 0 Å². The molecule has 0 aliphatic carbocycles. The van der Waals surface area contributed by atoms with E-state index in [0.29, 0.717) is 5.88 Å². The molecule has 1 N–H and O–H groups in total. The van der Waals surface area contributed by atoms with Crippen molar-refractivity contribution in [2.45, 2.75) is 6.04 Å². The minimum absolute atomic E-state index is 0.00602. The molecule has 21 heavy (non-hydrogen) atoms. The molecule has 0 saturated heterocycles. The maximum atomic E-state index is 5.18. The molecule has 0 aliphatic heterocycles. The second-order valence-corrected chi connectivity index (χ2v) is 4.81. The summed E-state index contributed by atoms with van der Waals surface area (Å²) in [5, 5.41) is 5.76. The van der Waals surface area contributed by atoms with Crippen molar-refractivity contribution in [1.29, 1.82) is 0 Å². The van der Waals surface area contributed by atoms with E-state index in [-0.39, 0.29) is 6.04 Å². The van der Waals surface area contributed by atoms with Crippen LogP contribution in [0.3, 0.4) is 0 Å².